The molecule has 0 aliphatic carbocycles. The number of fused-ring (bicyclic) bond motifs is 13. The summed E-state index contributed by atoms with van der Waals surface area (Å²) in [5.74, 6) is 0.607. The van der Waals surface area contributed by atoms with Gasteiger partial charge in [-0.25, -0.2) is 15.0 Å². The third kappa shape index (κ3) is 2.99. The minimum atomic E-state index is 0.607. The van der Waals surface area contributed by atoms with Crippen molar-refractivity contribution in [1.82, 2.24) is 23.9 Å². The van der Waals surface area contributed by atoms with Gasteiger partial charge in [0.25, 0.3) is 0 Å². The van der Waals surface area contributed by atoms with Crippen molar-refractivity contribution in [3.05, 3.63) is 127 Å². The van der Waals surface area contributed by atoms with Gasteiger partial charge in [0.1, 0.15) is 5.58 Å². The van der Waals surface area contributed by atoms with E-state index in [1.807, 2.05) is 54.6 Å². The first-order chi connectivity index (χ1) is 21.3. The van der Waals surface area contributed by atoms with Crippen LogP contribution >= 0.6 is 0 Å². The number of nitrogens with zero attached hydrogens (tertiary/aromatic N) is 5. The average Bonchev–Trinajstić information content (AvgIpc) is 3.74. The summed E-state index contributed by atoms with van der Waals surface area (Å²) in [6.07, 6.45) is 0. The van der Waals surface area contributed by atoms with Crippen LogP contribution < -0.4 is 0 Å². The number of rotatable bonds is 2. The van der Waals surface area contributed by atoms with Gasteiger partial charge in [-0.15, -0.1) is 0 Å². The number of hydrogen-bond acceptors (Lipinski definition) is 4. The van der Waals surface area contributed by atoms with E-state index in [-0.39, 0.29) is 0 Å². The molecular weight excluding hydrogens is 530 g/mol. The second kappa shape index (κ2) is 8.27. The van der Waals surface area contributed by atoms with Gasteiger partial charge in [-0.2, -0.15) is 0 Å². The highest BCUT2D eigenvalue weighted by Gasteiger charge is 2.26. The predicted molar refractivity (Wildman–Crippen MR) is 173 cm³/mol. The summed E-state index contributed by atoms with van der Waals surface area (Å²) in [7, 11) is 0. The Hall–Kier alpha value is -6.01. The Bertz CT molecular complexity index is 2700. The lowest BCUT2D eigenvalue weighted by Crippen LogP contribution is -2.04. The lowest BCUT2D eigenvalue weighted by atomic mass is 10.1. The molecule has 5 aromatic heterocycles. The molecule has 0 fully saturated rings. The molecule has 5 aromatic carbocycles. The summed E-state index contributed by atoms with van der Waals surface area (Å²) >= 11 is 0. The van der Waals surface area contributed by atoms with Crippen molar-refractivity contribution < 1.29 is 4.42 Å². The SMILES string of the molecule is c1ccc(-c2nc(-n3c4ccccc4c4c3c3c5ccccc5oc3n3c5ccccc5nc43)nc3ccccc23)cc1. The Morgan fingerprint density at radius 1 is 0.512 bits per heavy atom. The third-order valence-electron chi connectivity index (χ3n) is 8.51. The van der Waals surface area contributed by atoms with Crippen LogP contribution in [-0.4, -0.2) is 23.9 Å². The van der Waals surface area contributed by atoms with E-state index in [1.165, 1.54) is 0 Å². The number of pyridine rings is 1. The second-order valence-corrected chi connectivity index (χ2v) is 10.9. The van der Waals surface area contributed by atoms with Crippen molar-refractivity contribution >= 4 is 71.5 Å². The third-order valence-corrected chi connectivity index (χ3v) is 8.51. The van der Waals surface area contributed by atoms with Crippen molar-refractivity contribution in [2.24, 2.45) is 0 Å². The summed E-state index contributed by atoms with van der Waals surface area (Å²) in [5.41, 5.74) is 9.18. The van der Waals surface area contributed by atoms with Gasteiger partial charge in [0.05, 0.1) is 44.0 Å². The summed E-state index contributed by atoms with van der Waals surface area (Å²) in [6.45, 7) is 0. The Morgan fingerprint density at radius 2 is 1.19 bits per heavy atom. The Kier molecular flexibility index (Phi) is 4.36. The average molecular weight is 552 g/mol. The van der Waals surface area contributed by atoms with Crippen molar-refractivity contribution in [2.45, 2.75) is 0 Å². The van der Waals surface area contributed by atoms with Crippen LogP contribution in [-0.2, 0) is 0 Å². The molecule has 0 saturated carbocycles. The first-order valence-corrected chi connectivity index (χ1v) is 14.3. The van der Waals surface area contributed by atoms with Gasteiger partial charge in [0, 0.05) is 21.7 Å². The molecule has 0 amide bonds. The zero-order valence-electron chi connectivity index (χ0n) is 22.8. The van der Waals surface area contributed by atoms with Gasteiger partial charge in [0.2, 0.25) is 11.7 Å². The second-order valence-electron chi connectivity index (χ2n) is 10.9. The maximum absolute atomic E-state index is 6.66. The van der Waals surface area contributed by atoms with Crippen LogP contribution in [0.25, 0.3) is 88.7 Å². The maximum atomic E-state index is 6.66. The highest BCUT2D eigenvalue weighted by atomic mass is 16.3. The monoisotopic (exact) mass is 551 g/mol. The molecule has 0 radical (unpaired) electrons. The van der Waals surface area contributed by atoms with Crippen LogP contribution in [0.5, 0.6) is 0 Å². The van der Waals surface area contributed by atoms with E-state index in [2.05, 4.69) is 81.8 Å². The van der Waals surface area contributed by atoms with Crippen LogP contribution in [0.3, 0.4) is 0 Å². The molecule has 200 valence electrons. The van der Waals surface area contributed by atoms with Crippen molar-refractivity contribution in [3.8, 4) is 17.2 Å². The van der Waals surface area contributed by atoms with Crippen LogP contribution in [0, 0.1) is 0 Å². The molecule has 10 aromatic rings. The van der Waals surface area contributed by atoms with Crippen LogP contribution in [0.2, 0.25) is 0 Å². The van der Waals surface area contributed by atoms with Gasteiger partial charge < -0.3 is 4.42 Å². The zero-order chi connectivity index (χ0) is 28.1. The number of imidazole rings is 1. The molecule has 0 aliphatic rings. The lowest BCUT2D eigenvalue weighted by Gasteiger charge is -2.12. The van der Waals surface area contributed by atoms with Gasteiger partial charge in [-0.1, -0.05) is 97.1 Å². The number of para-hydroxylation sites is 5. The van der Waals surface area contributed by atoms with Crippen molar-refractivity contribution in [3.63, 3.8) is 0 Å². The topological polar surface area (TPSA) is 61.2 Å². The summed E-state index contributed by atoms with van der Waals surface area (Å²) in [4.78, 5) is 15.7. The smallest absolute Gasteiger partial charge is 0.235 e. The molecule has 0 N–H and O–H groups in total. The first-order valence-electron chi connectivity index (χ1n) is 14.3. The molecule has 0 saturated heterocycles. The van der Waals surface area contributed by atoms with Crippen molar-refractivity contribution in [2.75, 3.05) is 0 Å². The Labute approximate surface area is 244 Å². The minimum absolute atomic E-state index is 0.607. The van der Waals surface area contributed by atoms with E-state index in [9.17, 15) is 0 Å². The van der Waals surface area contributed by atoms with E-state index in [0.29, 0.717) is 5.95 Å². The fourth-order valence-corrected chi connectivity index (χ4v) is 6.71. The van der Waals surface area contributed by atoms with E-state index in [1.54, 1.807) is 0 Å². The largest absolute Gasteiger partial charge is 0.439 e. The number of benzene rings is 5. The van der Waals surface area contributed by atoms with Crippen LogP contribution in [0.1, 0.15) is 0 Å². The van der Waals surface area contributed by atoms with Crippen LogP contribution in [0.4, 0.5) is 0 Å². The molecule has 6 nitrogen and oxygen atoms in total. The number of hydrogen-bond donors (Lipinski definition) is 0. The number of furan rings is 1. The number of aromatic nitrogens is 5. The standard InChI is InChI=1S/C37H21N5O/c1-2-12-22(13-3-1)33-23-14-4-7-17-26(23)39-37(40-33)41-28-19-9-5-15-24(28)31-34(41)32-25-16-6-11-21-30(25)43-36(32)42-29-20-10-8-18-27(29)38-35(31)42/h1-21H. The van der Waals surface area contributed by atoms with Gasteiger partial charge in [0.15, 0.2) is 5.65 Å². The van der Waals surface area contributed by atoms with Crippen molar-refractivity contribution in [1.29, 1.82) is 0 Å². The predicted octanol–water partition coefficient (Wildman–Crippen LogP) is 9.09. The molecule has 0 spiro atoms. The normalized spacial score (nSPS) is 12.2. The highest BCUT2D eigenvalue weighted by molar-refractivity contribution is 6.28. The Balaban J connectivity index is 1.49. The molecule has 0 aliphatic heterocycles. The zero-order valence-corrected chi connectivity index (χ0v) is 22.8. The Morgan fingerprint density at radius 3 is 2.05 bits per heavy atom. The summed E-state index contributed by atoms with van der Waals surface area (Å²) < 4.78 is 11.0. The molecule has 6 heteroatoms. The minimum Gasteiger partial charge on any atom is -0.439 e. The maximum Gasteiger partial charge on any atom is 0.235 e. The molecular formula is C37H21N5O. The lowest BCUT2D eigenvalue weighted by molar-refractivity contribution is 0.650. The van der Waals surface area contributed by atoms with E-state index >= 15 is 0 Å². The quantitative estimate of drug-likeness (QED) is 0.215. The molecule has 0 unspecified atom stereocenters. The van der Waals surface area contributed by atoms with Gasteiger partial charge in [-0.3, -0.25) is 8.97 Å². The summed E-state index contributed by atoms with van der Waals surface area (Å²) in [5, 5.41) is 5.19. The molecule has 10 rings (SSSR count). The van der Waals surface area contributed by atoms with E-state index in [4.69, 9.17) is 19.4 Å². The van der Waals surface area contributed by atoms with Crippen LogP contribution in [0.15, 0.2) is 132 Å². The highest BCUT2D eigenvalue weighted by Crippen LogP contribution is 2.43. The van der Waals surface area contributed by atoms with Gasteiger partial charge in [-0.05, 0) is 30.3 Å². The van der Waals surface area contributed by atoms with Gasteiger partial charge >= 0.3 is 0 Å². The summed E-state index contributed by atoms with van der Waals surface area (Å²) in [6, 6.07) is 43.5. The van der Waals surface area contributed by atoms with E-state index < -0.39 is 0 Å². The molecule has 43 heavy (non-hydrogen) atoms. The molecule has 0 bridgehead atoms. The molecule has 0 atom stereocenters. The fraction of sp³-hybridized carbons (Fsp3) is 0. The first kappa shape index (κ1) is 22.7. The van der Waals surface area contributed by atoms with E-state index in [0.717, 1.165) is 82.7 Å². The fourth-order valence-electron chi connectivity index (χ4n) is 6.71. The molecule has 5 heterocycles.